The van der Waals surface area contributed by atoms with Gasteiger partial charge in [-0.25, -0.2) is 0 Å². The van der Waals surface area contributed by atoms with Crippen LogP contribution in [0, 0.1) is 5.92 Å². The van der Waals surface area contributed by atoms with Crippen LogP contribution >= 0.6 is 11.6 Å². The van der Waals surface area contributed by atoms with Crippen molar-refractivity contribution in [2.75, 3.05) is 24.1 Å². The van der Waals surface area contributed by atoms with Crippen molar-refractivity contribution in [3.05, 3.63) is 22.7 Å². The number of primary amides is 1. The van der Waals surface area contributed by atoms with Crippen LogP contribution in [-0.2, 0) is 4.79 Å². The van der Waals surface area contributed by atoms with Crippen LogP contribution in [0.3, 0.4) is 0 Å². The summed E-state index contributed by atoms with van der Waals surface area (Å²) in [6.07, 6.45) is 0. The molecule has 0 aliphatic rings. The van der Waals surface area contributed by atoms with Crippen LogP contribution in [0.15, 0.2) is 12.1 Å². The smallest absolute Gasteiger partial charge is 0.250 e. The number of hydrogen-bond donors (Lipinski definition) is 4. The van der Waals surface area contributed by atoms with Crippen LogP contribution in [0.1, 0.15) is 24.2 Å². The predicted molar refractivity (Wildman–Crippen MR) is 80.7 cm³/mol. The minimum Gasteiger partial charge on any atom is -0.399 e. The molecule has 0 aromatic heterocycles. The Morgan fingerprint density at radius 3 is 2.55 bits per heavy atom. The average Bonchev–Trinajstić information content (AvgIpc) is 2.34. The van der Waals surface area contributed by atoms with Crippen molar-refractivity contribution in [2.45, 2.75) is 13.8 Å². The Hall–Kier alpha value is -1.95. The van der Waals surface area contributed by atoms with Crippen molar-refractivity contribution in [3.63, 3.8) is 0 Å². The molecule has 0 saturated carbocycles. The number of nitrogens with one attached hydrogen (secondary N) is 2. The third-order valence-corrected chi connectivity index (χ3v) is 2.81. The number of rotatable bonds is 6. The summed E-state index contributed by atoms with van der Waals surface area (Å²) < 4.78 is 0. The molecule has 0 unspecified atom stereocenters. The second kappa shape index (κ2) is 7.00. The molecule has 7 heteroatoms. The maximum atomic E-state index is 11.6. The van der Waals surface area contributed by atoms with Crippen molar-refractivity contribution < 1.29 is 9.59 Å². The van der Waals surface area contributed by atoms with Crippen LogP contribution < -0.4 is 22.1 Å². The highest BCUT2D eigenvalue weighted by Crippen LogP contribution is 2.28. The molecule has 1 rings (SSSR count). The summed E-state index contributed by atoms with van der Waals surface area (Å²) in [6, 6.07) is 2.91. The molecule has 6 N–H and O–H groups in total. The Kier molecular flexibility index (Phi) is 5.64. The van der Waals surface area contributed by atoms with E-state index in [1.807, 2.05) is 13.8 Å². The number of benzene rings is 1. The molecular weight excluding hydrogens is 280 g/mol. The van der Waals surface area contributed by atoms with Crippen molar-refractivity contribution in [2.24, 2.45) is 11.7 Å². The van der Waals surface area contributed by atoms with Gasteiger partial charge in [-0.1, -0.05) is 25.4 Å². The number of hydrogen-bond acceptors (Lipinski definition) is 4. The fourth-order valence-electron chi connectivity index (χ4n) is 1.55. The number of anilines is 2. The van der Waals surface area contributed by atoms with Gasteiger partial charge in [0.2, 0.25) is 5.91 Å². The predicted octanol–water partition coefficient (Wildman–Crippen LogP) is 1.21. The quantitative estimate of drug-likeness (QED) is 0.591. The summed E-state index contributed by atoms with van der Waals surface area (Å²) in [5.41, 5.74) is 11.7. The van der Waals surface area contributed by atoms with Crippen LogP contribution in [-0.4, -0.2) is 24.9 Å². The van der Waals surface area contributed by atoms with Gasteiger partial charge in [-0.2, -0.15) is 0 Å². The first kappa shape index (κ1) is 16.1. The van der Waals surface area contributed by atoms with Crippen molar-refractivity contribution in [1.82, 2.24) is 5.32 Å². The van der Waals surface area contributed by atoms with Crippen molar-refractivity contribution >= 4 is 34.8 Å². The lowest BCUT2D eigenvalue weighted by atomic mass is 10.1. The Bertz CT molecular complexity index is 517. The van der Waals surface area contributed by atoms with Crippen LogP contribution in [0.25, 0.3) is 0 Å². The standard InChI is InChI=1S/C13H19ClN4O2/c1-7(2)5-17-11(19)6-18-12-9(13(16)20)3-8(15)4-10(12)14/h3-4,7,18H,5-6,15H2,1-2H3,(H2,16,20)(H,17,19). The molecule has 0 aliphatic carbocycles. The molecule has 110 valence electrons. The minimum absolute atomic E-state index is 0.00334. The summed E-state index contributed by atoms with van der Waals surface area (Å²) in [5.74, 6) is -0.494. The van der Waals surface area contributed by atoms with Gasteiger partial charge in [0, 0.05) is 12.2 Å². The van der Waals surface area contributed by atoms with Gasteiger partial charge in [0.05, 0.1) is 22.8 Å². The van der Waals surface area contributed by atoms with Gasteiger partial charge >= 0.3 is 0 Å². The Balaban J connectivity index is 2.77. The Morgan fingerprint density at radius 1 is 1.35 bits per heavy atom. The highest BCUT2D eigenvalue weighted by Gasteiger charge is 2.14. The van der Waals surface area contributed by atoms with Gasteiger partial charge < -0.3 is 22.1 Å². The van der Waals surface area contributed by atoms with Crippen molar-refractivity contribution in [1.29, 1.82) is 0 Å². The lowest BCUT2D eigenvalue weighted by Crippen LogP contribution is -2.33. The third-order valence-electron chi connectivity index (χ3n) is 2.51. The van der Waals surface area contributed by atoms with Crippen LogP contribution in [0.5, 0.6) is 0 Å². The third kappa shape index (κ3) is 4.62. The summed E-state index contributed by atoms with van der Waals surface area (Å²) in [5, 5.41) is 5.81. The molecule has 0 saturated heterocycles. The molecule has 0 bridgehead atoms. The lowest BCUT2D eigenvalue weighted by Gasteiger charge is -2.13. The first-order valence-electron chi connectivity index (χ1n) is 6.20. The SMILES string of the molecule is CC(C)CNC(=O)CNc1c(Cl)cc(N)cc1C(N)=O. The maximum Gasteiger partial charge on any atom is 0.250 e. The highest BCUT2D eigenvalue weighted by molar-refractivity contribution is 6.34. The normalized spacial score (nSPS) is 10.4. The number of nitrogens with two attached hydrogens (primary N) is 2. The molecule has 0 radical (unpaired) electrons. The molecule has 2 amide bonds. The summed E-state index contributed by atoms with van der Waals surface area (Å²) in [6.45, 7) is 4.57. The van der Waals surface area contributed by atoms with Crippen molar-refractivity contribution in [3.8, 4) is 0 Å². The molecule has 0 heterocycles. The number of carbonyl (C=O) groups excluding carboxylic acids is 2. The number of carbonyl (C=O) groups is 2. The molecule has 0 spiro atoms. The molecule has 0 atom stereocenters. The fourth-order valence-corrected chi connectivity index (χ4v) is 1.85. The molecule has 1 aromatic rings. The zero-order valence-corrected chi connectivity index (χ0v) is 12.3. The van der Waals surface area contributed by atoms with E-state index in [9.17, 15) is 9.59 Å². The van der Waals surface area contributed by atoms with E-state index in [0.29, 0.717) is 23.8 Å². The first-order valence-corrected chi connectivity index (χ1v) is 6.58. The zero-order chi connectivity index (χ0) is 15.3. The van der Waals surface area contributed by atoms with E-state index in [1.54, 1.807) is 0 Å². The molecular formula is C13H19ClN4O2. The Morgan fingerprint density at radius 2 is 2.00 bits per heavy atom. The van der Waals surface area contributed by atoms with Gasteiger partial charge in [0.15, 0.2) is 0 Å². The molecule has 20 heavy (non-hydrogen) atoms. The van der Waals surface area contributed by atoms with E-state index >= 15 is 0 Å². The van der Waals surface area contributed by atoms with E-state index < -0.39 is 5.91 Å². The van der Waals surface area contributed by atoms with E-state index in [0.717, 1.165) is 0 Å². The second-order valence-corrected chi connectivity index (χ2v) is 5.25. The topological polar surface area (TPSA) is 110 Å². The second-order valence-electron chi connectivity index (χ2n) is 4.84. The van der Waals surface area contributed by atoms with E-state index in [1.165, 1.54) is 12.1 Å². The first-order chi connectivity index (χ1) is 9.31. The van der Waals surface area contributed by atoms with Gasteiger partial charge in [0.1, 0.15) is 0 Å². The van der Waals surface area contributed by atoms with Gasteiger partial charge in [-0.05, 0) is 18.1 Å². The van der Waals surface area contributed by atoms with Gasteiger partial charge in [-0.3, -0.25) is 9.59 Å². The summed E-state index contributed by atoms with van der Waals surface area (Å²) in [7, 11) is 0. The molecule has 0 aliphatic heterocycles. The minimum atomic E-state index is -0.663. The fraction of sp³-hybridized carbons (Fsp3) is 0.385. The lowest BCUT2D eigenvalue weighted by molar-refractivity contribution is -0.119. The number of halogens is 1. The number of nitrogen functional groups attached to an aromatic ring is 1. The zero-order valence-electron chi connectivity index (χ0n) is 11.5. The Labute approximate surface area is 122 Å². The van der Waals surface area contributed by atoms with Crippen LogP contribution in [0.4, 0.5) is 11.4 Å². The van der Waals surface area contributed by atoms with E-state index in [4.69, 9.17) is 23.1 Å². The monoisotopic (exact) mass is 298 g/mol. The molecule has 6 nitrogen and oxygen atoms in total. The average molecular weight is 299 g/mol. The highest BCUT2D eigenvalue weighted by atomic mass is 35.5. The summed E-state index contributed by atoms with van der Waals surface area (Å²) in [4.78, 5) is 23.0. The van der Waals surface area contributed by atoms with Crippen LogP contribution in [0.2, 0.25) is 5.02 Å². The number of amides is 2. The largest absolute Gasteiger partial charge is 0.399 e. The molecule has 1 aromatic carbocycles. The summed E-state index contributed by atoms with van der Waals surface area (Å²) >= 11 is 6.01. The van der Waals surface area contributed by atoms with E-state index in [-0.39, 0.29) is 23.0 Å². The maximum absolute atomic E-state index is 11.6. The van der Waals surface area contributed by atoms with Gasteiger partial charge in [-0.15, -0.1) is 0 Å². The van der Waals surface area contributed by atoms with E-state index in [2.05, 4.69) is 10.6 Å². The molecule has 0 fully saturated rings. The van der Waals surface area contributed by atoms with Gasteiger partial charge in [0.25, 0.3) is 5.91 Å².